The summed E-state index contributed by atoms with van der Waals surface area (Å²) < 4.78 is 0. The number of rotatable bonds is 6. The van der Waals surface area contributed by atoms with Gasteiger partial charge in [-0.1, -0.05) is 35.4 Å². The lowest BCUT2D eigenvalue weighted by Gasteiger charge is -2.13. The zero-order valence-corrected chi connectivity index (χ0v) is 12.4. The molecule has 0 saturated heterocycles. The summed E-state index contributed by atoms with van der Waals surface area (Å²) in [6.45, 7) is 1.17. The maximum atomic E-state index is 11.8. The van der Waals surface area contributed by atoms with Gasteiger partial charge < -0.3 is 10.6 Å². The van der Waals surface area contributed by atoms with Crippen molar-refractivity contribution in [2.75, 3.05) is 18.4 Å². The number of allylic oxidation sites excluding steroid dienone is 1. The van der Waals surface area contributed by atoms with E-state index in [-0.39, 0.29) is 5.91 Å². The fourth-order valence-electron chi connectivity index (χ4n) is 2.34. The summed E-state index contributed by atoms with van der Waals surface area (Å²) in [5, 5.41) is 6.54. The second-order valence-electron chi connectivity index (χ2n) is 5.06. The third-order valence-electron chi connectivity index (χ3n) is 3.44. The number of carbonyl (C=O) groups excluding carboxylic acids is 1. The number of carbonyl (C=O) groups is 1. The lowest BCUT2D eigenvalue weighted by molar-refractivity contribution is -0.115. The first kappa shape index (κ1) is 15.1. The minimum absolute atomic E-state index is 0.0595. The summed E-state index contributed by atoms with van der Waals surface area (Å²) in [5.74, 6) is -0.0595. The molecule has 0 unspecified atom stereocenters. The van der Waals surface area contributed by atoms with Gasteiger partial charge in [0.15, 0.2) is 0 Å². The van der Waals surface area contributed by atoms with Crippen molar-refractivity contribution in [3.63, 3.8) is 0 Å². The van der Waals surface area contributed by atoms with Gasteiger partial charge in [-0.3, -0.25) is 4.79 Å². The third-order valence-corrected chi connectivity index (χ3v) is 3.77. The molecule has 0 spiro atoms. The molecule has 0 radical (unpaired) electrons. The Kier molecular flexibility index (Phi) is 6.09. The summed E-state index contributed by atoms with van der Waals surface area (Å²) in [6.07, 6.45) is 8.43. The molecular formula is C16H21ClN2O. The van der Waals surface area contributed by atoms with Crippen LogP contribution in [-0.2, 0) is 4.79 Å². The monoisotopic (exact) mass is 292 g/mol. The molecule has 0 saturated carbocycles. The molecule has 1 aromatic rings. The van der Waals surface area contributed by atoms with Gasteiger partial charge in [-0.2, -0.15) is 0 Å². The second kappa shape index (κ2) is 8.08. The average molecular weight is 293 g/mol. The molecule has 1 amide bonds. The van der Waals surface area contributed by atoms with Crippen LogP contribution in [0.4, 0.5) is 5.69 Å². The van der Waals surface area contributed by atoms with Gasteiger partial charge in [-0.05, 0) is 50.8 Å². The van der Waals surface area contributed by atoms with Crippen LogP contribution in [0.1, 0.15) is 32.1 Å². The molecule has 0 aliphatic heterocycles. The van der Waals surface area contributed by atoms with Crippen LogP contribution in [0.5, 0.6) is 0 Å². The van der Waals surface area contributed by atoms with Gasteiger partial charge in [0.2, 0.25) is 5.91 Å². The van der Waals surface area contributed by atoms with Gasteiger partial charge in [0, 0.05) is 0 Å². The Balaban J connectivity index is 1.65. The Hall–Kier alpha value is -1.32. The number of halogens is 1. The van der Waals surface area contributed by atoms with Crippen LogP contribution in [0.25, 0.3) is 0 Å². The molecule has 2 rings (SSSR count). The zero-order valence-electron chi connectivity index (χ0n) is 11.6. The number of anilines is 1. The van der Waals surface area contributed by atoms with Gasteiger partial charge in [0.1, 0.15) is 0 Å². The summed E-state index contributed by atoms with van der Waals surface area (Å²) in [5.41, 5.74) is 2.19. The maximum absolute atomic E-state index is 11.8. The molecule has 108 valence electrons. The number of benzene rings is 1. The van der Waals surface area contributed by atoms with E-state index in [4.69, 9.17) is 11.6 Å². The van der Waals surface area contributed by atoms with E-state index in [1.54, 1.807) is 12.1 Å². The van der Waals surface area contributed by atoms with Crippen molar-refractivity contribution in [3.8, 4) is 0 Å². The van der Waals surface area contributed by atoms with E-state index in [0.29, 0.717) is 17.3 Å². The number of nitrogens with one attached hydrogen (secondary N) is 2. The summed E-state index contributed by atoms with van der Waals surface area (Å²) in [7, 11) is 0. The van der Waals surface area contributed by atoms with Crippen molar-refractivity contribution in [2.24, 2.45) is 0 Å². The molecule has 4 heteroatoms. The molecule has 1 aliphatic rings. The fraction of sp³-hybridized carbons (Fsp3) is 0.438. The van der Waals surface area contributed by atoms with E-state index in [1.807, 2.05) is 12.1 Å². The van der Waals surface area contributed by atoms with Gasteiger partial charge in [-0.15, -0.1) is 0 Å². The predicted molar refractivity (Wildman–Crippen MR) is 84.1 cm³/mol. The van der Waals surface area contributed by atoms with E-state index in [0.717, 1.165) is 13.0 Å². The Bertz CT molecular complexity index is 485. The largest absolute Gasteiger partial charge is 0.324 e. The number of hydrogen-bond acceptors (Lipinski definition) is 2. The third kappa shape index (κ3) is 4.99. The highest BCUT2D eigenvalue weighted by Crippen LogP contribution is 2.20. The lowest BCUT2D eigenvalue weighted by atomic mass is 9.97. The highest BCUT2D eigenvalue weighted by atomic mass is 35.5. The Morgan fingerprint density at radius 3 is 2.85 bits per heavy atom. The Labute approximate surface area is 125 Å². The van der Waals surface area contributed by atoms with E-state index in [1.165, 1.54) is 31.3 Å². The molecule has 1 aliphatic carbocycles. The zero-order chi connectivity index (χ0) is 14.2. The van der Waals surface area contributed by atoms with Crippen molar-refractivity contribution in [1.29, 1.82) is 0 Å². The van der Waals surface area contributed by atoms with Crippen molar-refractivity contribution in [2.45, 2.75) is 32.1 Å². The SMILES string of the molecule is O=C(CNCCC1=CCCCC1)Nc1ccccc1Cl. The molecule has 0 atom stereocenters. The summed E-state index contributed by atoms with van der Waals surface area (Å²) in [4.78, 5) is 11.8. The average Bonchev–Trinajstić information content (AvgIpc) is 2.47. The first-order valence-corrected chi connectivity index (χ1v) is 7.56. The highest BCUT2D eigenvalue weighted by Gasteiger charge is 2.06. The molecule has 2 N–H and O–H groups in total. The predicted octanol–water partition coefficient (Wildman–Crippen LogP) is 3.76. The van der Waals surface area contributed by atoms with Crippen LogP contribution >= 0.6 is 11.6 Å². The molecule has 20 heavy (non-hydrogen) atoms. The maximum Gasteiger partial charge on any atom is 0.238 e. The molecule has 0 heterocycles. The van der Waals surface area contributed by atoms with Crippen LogP contribution in [0.3, 0.4) is 0 Å². The van der Waals surface area contributed by atoms with Crippen molar-refractivity contribution >= 4 is 23.2 Å². The number of hydrogen-bond donors (Lipinski definition) is 2. The normalized spacial score (nSPS) is 14.8. The first-order valence-electron chi connectivity index (χ1n) is 7.19. The summed E-state index contributed by atoms with van der Waals surface area (Å²) >= 11 is 5.99. The van der Waals surface area contributed by atoms with Gasteiger partial charge in [0.25, 0.3) is 0 Å². The number of para-hydroxylation sites is 1. The topological polar surface area (TPSA) is 41.1 Å². The van der Waals surface area contributed by atoms with Crippen molar-refractivity contribution in [1.82, 2.24) is 5.32 Å². The molecule has 0 fully saturated rings. The Morgan fingerprint density at radius 1 is 1.25 bits per heavy atom. The minimum atomic E-state index is -0.0595. The van der Waals surface area contributed by atoms with Gasteiger partial charge in [-0.25, -0.2) is 0 Å². The minimum Gasteiger partial charge on any atom is -0.324 e. The van der Waals surface area contributed by atoms with Crippen molar-refractivity contribution in [3.05, 3.63) is 40.9 Å². The van der Waals surface area contributed by atoms with E-state index in [9.17, 15) is 4.79 Å². The molecular weight excluding hydrogens is 272 g/mol. The van der Waals surface area contributed by atoms with Gasteiger partial charge in [0.05, 0.1) is 17.3 Å². The van der Waals surface area contributed by atoms with Crippen LogP contribution in [0.2, 0.25) is 5.02 Å². The first-order chi connectivity index (χ1) is 9.75. The van der Waals surface area contributed by atoms with Crippen LogP contribution in [-0.4, -0.2) is 19.0 Å². The van der Waals surface area contributed by atoms with E-state index >= 15 is 0 Å². The molecule has 0 bridgehead atoms. The smallest absolute Gasteiger partial charge is 0.238 e. The lowest BCUT2D eigenvalue weighted by Crippen LogP contribution is -2.29. The van der Waals surface area contributed by atoms with Gasteiger partial charge >= 0.3 is 0 Å². The molecule has 0 aromatic heterocycles. The second-order valence-corrected chi connectivity index (χ2v) is 5.47. The van der Waals surface area contributed by atoms with E-state index < -0.39 is 0 Å². The Morgan fingerprint density at radius 2 is 2.10 bits per heavy atom. The fourth-order valence-corrected chi connectivity index (χ4v) is 2.52. The molecule has 3 nitrogen and oxygen atoms in total. The van der Waals surface area contributed by atoms with E-state index in [2.05, 4.69) is 16.7 Å². The highest BCUT2D eigenvalue weighted by molar-refractivity contribution is 6.33. The molecule has 1 aromatic carbocycles. The quantitative estimate of drug-likeness (QED) is 0.619. The van der Waals surface area contributed by atoms with Crippen LogP contribution in [0.15, 0.2) is 35.9 Å². The standard InChI is InChI=1S/C16H21ClN2O/c17-14-8-4-5-9-15(14)19-16(20)12-18-11-10-13-6-2-1-3-7-13/h4-6,8-9,18H,1-3,7,10-12H2,(H,19,20). The van der Waals surface area contributed by atoms with Crippen molar-refractivity contribution < 1.29 is 4.79 Å². The number of amides is 1. The van der Waals surface area contributed by atoms with Crippen LogP contribution < -0.4 is 10.6 Å². The summed E-state index contributed by atoms with van der Waals surface area (Å²) in [6, 6.07) is 7.26. The van der Waals surface area contributed by atoms with Crippen LogP contribution in [0, 0.1) is 0 Å².